The third-order valence-corrected chi connectivity index (χ3v) is 4.81. The Bertz CT molecular complexity index is 511. The molecular formula is C13H23N3O2S. The molecular weight excluding hydrogens is 262 g/mol. The molecule has 1 aromatic carbocycles. The zero-order valence-corrected chi connectivity index (χ0v) is 12.5. The van der Waals surface area contributed by atoms with Gasteiger partial charge in [-0.2, -0.15) is 0 Å². The van der Waals surface area contributed by atoms with Crippen LogP contribution in [0.5, 0.6) is 0 Å². The molecule has 0 aliphatic heterocycles. The fraction of sp³-hybridized carbons (Fsp3) is 0.538. The number of anilines is 2. The van der Waals surface area contributed by atoms with Gasteiger partial charge >= 0.3 is 0 Å². The van der Waals surface area contributed by atoms with Crippen molar-refractivity contribution in [3.05, 3.63) is 18.2 Å². The van der Waals surface area contributed by atoms with E-state index in [2.05, 4.69) is 23.9 Å². The first-order valence-electron chi connectivity index (χ1n) is 6.51. The minimum Gasteiger partial charge on any atom is -0.398 e. The van der Waals surface area contributed by atoms with Gasteiger partial charge in [0.15, 0.2) is 0 Å². The number of nitrogens with two attached hydrogens (primary N) is 1. The van der Waals surface area contributed by atoms with Crippen LogP contribution in [0.4, 0.5) is 11.4 Å². The molecule has 4 N–H and O–H groups in total. The number of nitrogen functional groups attached to an aromatic ring is 1. The Labute approximate surface area is 115 Å². The van der Waals surface area contributed by atoms with Gasteiger partial charge in [0, 0.05) is 12.2 Å². The van der Waals surface area contributed by atoms with Gasteiger partial charge in [0.1, 0.15) is 4.90 Å². The van der Waals surface area contributed by atoms with Crippen LogP contribution in [0.1, 0.15) is 26.7 Å². The Hall–Kier alpha value is -1.27. The van der Waals surface area contributed by atoms with Crippen molar-refractivity contribution in [2.75, 3.05) is 24.6 Å². The third kappa shape index (κ3) is 4.11. The molecule has 108 valence electrons. The second kappa shape index (κ2) is 6.77. The van der Waals surface area contributed by atoms with E-state index < -0.39 is 10.0 Å². The van der Waals surface area contributed by atoms with E-state index in [0.717, 1.165) is 25.1 Å². The maximum Gasteiger partial charge on any atom is 0.242 e. The largest absolute Gasteiger partial charge is 0.398 e. The molecule has 0 heterocycles. The van der Waals surface area contributed by atoms with Gasteiger partial charge in [0.2, 0.25) is 10.0 Å². The summed E-state index contributed by atoms with van der Waals surface area (Å²) in [5.41, 5.74) is 6.90. The summed E-state index contributed by atoms with van der Waals surface area (Å²) in [5.74, 6) is 0.613. The Kier molecular flexibility index (Phi) is 5.62. The summed E-state index contributed by atoms with van der Waals surface area (Å²) in [6.07, 6.45) is 2.23. The van der Waals surface area contributed by atoms with Crippen molar-refractivity contribution in [3.63, 3.8) is 0 Å². The van der Waals surface area contributed by atoms with Crippen molar-refractivity contribution in [1.82, 2.24) is 4.72 Å². The van der Waals surface area contributed by atoms with Crippen LogP contribution >= 0.6 is 0 Å². The van der Waals surface area contributed by atoms with Gasteiger partial charge in [-0.15, -0.1) is 0 Å². The van der Waals surface area contributed by atoms with E-state index in [4.69, 9.17) is 5.73 Å². The van der Waals surface area contributed by atoms with Gasteiger partial charge in [-0.05, 0) is 31.2 Å². The summed E-state index contributed by atoms with van der Waals surface area (Å²) < 4.78 is 25.6. The van der Waals surface area contributed by atoms with Crippen LogP contribution in [0.25, 0.3) is 0 Å². The Balaban J connectivity index is 2.83. The Morgan fingerprint density at radius 3 is 2.37 bits per heavy atom. The highest BCUT2D eigenvalue weighted by molar-refractivity contribution is 7.89. The average Bonchev–Trinajstić information content (AvgIpc) is 2.39. The normalized spacial score (nSPS) is 11.8. The van der Waals surface area contributed by atoms with Gasteiger partial charge in [-0.25, -0.2) is 13.1 Å². The lowest BCUT2D eigenvalue weighted by Gasteiger charge is -2.15. The molecule has 0 aliphatic rings. The first-order chi connectivity index (χ1) is 8.94. The van der Waals surface area contributed by atoms with Crippen molar-refractivity contribution < 1.29 is 8.42 Å². The highest BCUT2D eigenvalue weighted by Crippen LogP contribution is 2.22. The third-order valence-electron chi connectivity index (χ3n) is 3.32. The minimum atomic E-state index is -3.49. The molecule has 1 rings (SSSR count). The number of sulfonamides is 1. The number of benzene rings is 1. The SMILES string of the molecule is CCC(CC)CNc1ccc(S(=O)(=O)NC)c(N)c1. The van der Waals surface area contributed by atoms with Crippen LogP contribution in [0, 0.1) is 5.92 Å². The van der Waals surface area contributed by atoms with E-state index in [1.165, 1.54) is 13.1 Å². The maximum absolute atomic E-state index is 11.7. The van der Waals surface area contributed by atoms with Gasteiger partial charge in [0.05, 0.1) is 5.69 Å². The summed E-state index contributed by atoms with van der Waals surface area (Å²) in [6, 6.07) is 4.92. The maximum atomic E-state index is 11.7. The first kappa shape index (κ1) is 15.8. The molecule has 0 spiro atoms. The lowest BCUT2D eigenvalue weighted by atomic mass is 10.0. The molecule has 0 saturated carbocycles. The molecule has 0 bridgehead atoms. The zero-order chi connectivity index (χ0) is 14.5. The molecule has 19 heavy (non-hydrogen) atoms. The number of hydrogen-bond donors (Lipinski definition) is 3. The quantitative estimate of drug-likeness (QED) is 0.669. The molecule has 0 aliphatic carbocycles. The topological polar surface area (TPSA) is 84.2 Å². The number of rotatable bonds is 7. The molecule has 6 heteroatoms. The van der Waals surface area contributed by atoms with E-state index in [0.29, 0.717) is 5.92 Å². The van der Waals surface area contributed by atoms with Crippen molar-refractivity contribution in [1.29, 1.82) is 0 Å². The minimum absolute atomic E-state index is 0.114. The number of nitrogens with one attached hydrogen (secondary N) is 2. The van der Waals surface area contributed by atoms with Crippen molar-refractivity contribution >= 4 is 21.4 Å². The fourth-order valence-electron chi connectivity index (χ4n) is 1.85. The summed E-state index contributed by atoms with van der Waals surface area (Å²) in [4.78, 5) is 0.114. The molecule has 0 fully saturated rings. The molecule has 0 aromatic heterocycles. The van der Waals surface area contributed by atoms with E-state index >= 15 is 0 Å². The molecule has 5 nitrogen and oxygen atoms in total. The predicted molar refractivity (Wildman–Crippen MR) is 79.7 cm³/mol. The molecule has 1 aromatic rings. The second-order valence-electron chi connectivity index (χ2n) is 4.52. The van der Waals surface area contributed by atoms with Crippen LogP contribution in [0.2, 0.25) is 0 Å². The van der Waals surface area contributed by atoms with E-state index in [-0.39, 0.29) is 10.6 Å². The van der Waals surface area contributed by atoms with Gasteiger partial charge in [-0.1, -0.05) is 26.7 Å². The lowest BCUT2D eigenvalue weighted by Crippen LogP contribution is -2.20. The standard InChI is InChI=1S/C13H23N3O2S/c1-4-10(5-2)9-16-11-6-7-13(12(14)8-11)19(17,18)15-3/h6-8,10,15-16H,4-5,9,14H2,1-3H3. The van der Waals surface area contributed by atoms with Crippen LogP contribution in [0.15, 0.2) is 23.1 Å². The fourth-order valence-corrected chi connectivity index (χ4v) is 2.69. The van der Waals surface area contributed by atoms with Crippen LogP contribution in [-0.4, -0.2) is 22.0 Å². The van der Waals surface area contributed by atoms with Crippen LogP contribution < -0.4 is 15.8 Å². The summed E-state index contributed by atoms with van der Waals surface area (Å²) in [5, 5.41) is 3.29. The molecule has 0 amide bonds. The monoisotopic (exact) mass is 285 g/mol. The van der Waals surface area contributed by atoms with Crippen molar-refractivity contribution in [3.8, 4) is 0 Å². The van der Waals surface area contributed by atoms with Gasteiger partial charge in [0.25, 0.3) is 0 Å². The van der Waals surface area contributed by atoms with Gasteiger partial charge < -0.3 is 11.1 Å². The smallest absolute Gasteiger partial charge is 0.242 e. The summed E-state index contributed by atoms with van der Waals surface area (Å²) >= 11 is 0. The molecule has 0 saturated heterocycles. The summed E-state index contributed by atoms with van der Waals surface area (Å²) in [7, 11) is -2.12. The molecule has 0 atom stereocenters. The van der Waals surface area contributed by atoms with Gasteiger partial charge in [-0.3, -0.25) is 0 Å². The average molecular weight is 285 g/mol. The highest BCUT2D eigenvalue weighted by atomic mass is 32.2. The van der Waals surface area contributed by atoms with E-state index in [1.54, 1.807) is 12.1 Å². The van der Waals surface area contributed by atoms with Crippen LogP contribution in [0.3, 0.4) is 0 Å². The highest BCUT2D eigenvalue weighted by Gasteiger charge is 2.15. The number of hydrogen-bond acceptors (Lipinski definition) is 4. The molecule has 0 unspecified atom stereocenters. The zero-order valence-electron chi connectivity index (χ0n) is 11.7. The second-order valence-corrected chi connectivity index (χ2v) is 6.38. The van der Waals surface area contributed by atoms with E-state index in [1.807, 2.05) is 0 Å². The Morgan fingerprint density at radius 1 is 1.26 bits per heavy atom. The van der Waals surface area contributed by atoms with Crippen molar-refractivity contribution in [2.24, 2.45) is 5.92 Å². The molecule has 0 radical (unpaired) electrons. The first-order valence-corrected chi connectivity index (χ1v) is 7.99. The lowest BCUT2D eigenvalue weighted by molar-refractivity contribution is 0.519. The summed E-state index contributed by atoms with van der Waals surface area (Å²) in [6.45, 7) is 5.18. The van der Waals surface area contributed by atoms with Crippen LogP contribution in [-0.2, 0) is 10.0 Å². The predicted octanol–water partition coefficient (Wildman–Crippen LogP) is 2.02. The van der Waals surface area contributed by atoms with E-state index in [9.17, 15) is 8.42 Å². The Morgan fingerprint density at radius 2 is 1.89 bits per heavy atom. The van der Waals surface area contributed by atoms with Crippen molar-refractivity contribution in [2.45, 2.75) is 31.6 Å².